The van der Waals surface area contributed by atoms with Crippen LogP contribution in [-0.4, -0.2) is 52.4 Å². The number of aliphatic imine (C=N–C) groups is 1. The van der Waals surface area contributed by atoms with Crippen molar-refractivity contribution in [3.8, 4) is 0 Å². The van der Waals surface area contributed by atoms with Gasteiger partial charge in [-0.3, -0.25) is 0 Å². The van der Waals surface area contributed by atoms with Crippen molar-refractivity contribution >= 4 is 41.5 Å². The van der Waals surface area contributed by atoms with Gasteiger partial charge in [0.25, 0.3) is 0 Å². The molecular weight excluding hydrogens is 491 g/mol. The standard InChI is InChI=1S/C19H29ClN6O.HI/c1-5-27-11-7-10-21-19(22-13-18-24-23-15(2)26(18)4)25(3)14-16-8-6-9-17(20)12-16;/h6,8-9,12H,5,7,10-11,13-14H2,1-4H3,(H,21,22);1H. The van der Waals surface area contributed by atoms with Crippen molar-refractivity contribution in [2.24, 2.45) is 12.0 Å². The van der Waals surface area contributed by atoms with Crippen LogP contribution >= 0.6 is 35.6 Å². The summed E-state index contributed by atoms with van der Waals surface area (Å²) in [6, 6.07) is 7.86. The van der Waals surface area contributed by atoms with E-state index in [4.69, 9.17) is 21.3 Å². The minimum atomic E-state index is 0. The fourth-order valence-corrected chi connectivity index (χ4v) is 2.76. The first kappa shape index (κ1) is 24.6. The van der Waals surface area contributed by atoms with E-state index >= 15 is 0 Å². The molecule has 1 N–H and O–H groups in total. The Bertz CT molecular complexity index is 752. The second-order valence-corrected chi connectivity index (χ2v) is 6.76. The van der Waals surface area contributed by atoms with E-state index in [1.807, 2.05) is 50.7 Å². The van der Waals surface area contributed by atoms with Gasteiger partial charge in [-0.15, -0.1) is 34.2 Å². The van der Waals surface area contributed by atoms with Crippen LogP contribution < -0.4 is 5.32 Å². The van der Waals surface area contributed by atoms with Crippen LogP contribution in [-0.2, 0) is 24.9 Å². The van der Waals surface area contributed by atoms with Crippen LogP contribution in [0.1, 0.15) is 30.6 Å². The molecular formula is C19H30ClIN6O. The molecule has 1 heterocycles. The molecule has 1 aromatic carbocycles. The fraction of sp³-hybridized carbons (Fsp3) is 0.526. The highest BCUT2D eigenvalue weighted by molar-refractivity contribution is 14.0. The van der Waals surface area contributed by atoms with Crippen molar-refractivity contribution in [2.45, 2.75) is 33.4 Å². The van der Waals surface area contributed by atoms with Crippen molar-refractivity contribution in [1.29, 1.82) is 0 Å². The highest BCUT2D eigenvalue weighted by Gasteiger charge is 2.10. The van der Waals surface area contributed by atoms with E-state index in [2.05, 4.69) is 26.5 Å². The number of aryl methyl sites for hydroxylation is 1. The Kier molecular flexibility index (Phi) is 11.4. The molecule has 2 rings (SSSR count). The molecule has 0 unspecified atom stereocenters. The smallest absolute Gasteiger partial charge is 0.194 e. The Morgan fingerprint density at radius 1 is 1.36 bits per heavy atom. The number of nitrogens with one attached hydrogen (secondary N) is 1. The summed E-state index contributed by atoms with van der Waals surface area (Å²) in [5, 5.41) is 12.4. The first-order chi connectivity index (χ1) is 13.0. The summed E-state index contributed by atoms with van der Waals surface area (Å²) in [5.41, 5.74) is 1.13. The van der Waals surface area contributed by atoms with E-state index in [0.29, 0.717) is 13.1 Å². The first-order valence-corrected chi connectivity index (χ1v) is 9.55. The molecule has 0 bridgehead atoms. The fourth-order valence-electron chi connectivity index (χ4n) is 2.55. The van der Waals surface area contributed by atoms with Gasteiger partial charge >= 0.3 is 0 Å². The minimum absolute atomic E-state index is 0. The zero-order valence-corrected chi connectivity index (χ0v) is 20.1. The summed E-state index contributed by atoms with van der Waals surface area (Å²) in [6.45, 7) is 7.36. The number of guanidine groups is 1. The normalized spacial score (nSPS) is 11.2. The van der Waals surface area contributed by atoms with Crippen LogP contribution in [0, 0.1) is 6.92 Å². The van der Waals surface area contributed by atoms with E-state index in [-0.39, 0.29) is 24.0 Å². The molecule has 0 saturated heterocycles. The van der Waals surface area contributed by atoms with Gasteiger partial charge < -0.3 is 19.5 Å². The lowest BCUT2D eigenvalue weighted by atomic mass is 10.2. The molecule has 2 aromatic rings. The van der Waals surface area contributed by atoms with Gasteiger partial charge in [0.2, 0.25) is 0 Å². The first-order valence-electron chi connectivity index (χ1n) is 9.17. The molecule has 0 spiro atoms. The molecule has 0 saturated carbocycles. The lowest BCUT2D eigenvalue weighted by molar-refractivity contribution is 0.145. The third kappa shape index (κ3) is 7.92. The largest absolute Gasteiger partial charge is 0.382 e. The average molecular weight is 521 g/mol. The molecule has 156 valence electrons. The monoisotopic (exact) mass is 520 g/mol. The SMILES string of the molecule is CCOCCCNC(=NCc1nnc(C)n1C)N(C)Cc1cccc(Cl)c1.I. The molecule has 0 aliphatic rings. The number of nitrogens with zero attached hydrogens (tertiary/aromatic N) is 5. The van der Waals surface area contributed by atoms with E-state index in [0.717, 1.165) is 54.4 Å². The maximum Gasteiger partial charge on any atom is 0.194 e. The maximum absolute atomic E-state index is 6.10. The molecule has 0 atom stereocenters. The van der Waals surface area contributed by atoms with Gasteiger partial charge in [0, 0.05) is 45.4 Å². The minimum Gasteiger partial charge on any atom is -0.382 e. The lowest BCUT2D eigenvalue weighted by Crippen LogP contribution is -2.39. The highest BCUT2D eigenvalue weighted by atomic mass is 127. The summed E-state index contributed by atoms with van der Waals surface area (Å²) in [7, 11) is 3.96. The van der Waals surface area contributed by atoms with E-state index in [1.54, 1.807) is 0 Å². The maximum atomic E-state index is 6.10. The number of hydrogen-bond acceptors (Lipinski definition) is 4. The molecule has 28 heavy (non-hydrogen) atoms. The summed E-state index contributed by atoms with van der Waals surface area (Å²) >= 11 is 6.10. The summed E-state index contributed by atoms with van der Waals surface area (Å²) < 4.78 is 7.35. The Balaban J connectivity index is 0.00000392. The van der Waals surface area contributed by atoms with Gasteiger partial charge in [0.15, 0.2) is 11.8 Å². The van der Waals surface area contributed by atoms with Gasteiger partial charge in [0.1, 0.15) is 12.4 Å². The predicted molar refractivity (Wildman–Crippen MR) is 124 cm³/mol. The van der Waals surface area contributed by atoms with E-state index in [9.17, 15) is 0 Å². The van der Waals surface area contributed by atoms with Crippen molar-refractivity contribution in [3.63, 3.8) is 0 Å². The number of rotatable bonds is 9. The zero-order chi connectivity index (χ0) is 19.6. The number of halogens is 2. The Labute approximate surface area is 189 Å². The van der Waals surface area contributed by atoms with Crippen LogP contribution in [0.2, 0.25) is 5.02 Å². The highest BCUT2D eigenvalue weighted by Crippen LogP contribution is 2.12. The Hall–Kier alpha value is -1.39. The van der Waals surface area contributed by atoms with Crippen molar-refractivity contribution in [1.82, 2.24) is 25.0 Å². The van der Waals surface area contributed by atoms with Crippen molar-refractivity contribution < 1.29 is 4.74 Å². The average Bonchev–Trinajstić information content (AvgIpc) is 2.96. The zero-order valence-electron chi connectivity index (χ0n) is 17.0. The summed E-state index contributed by atoms with van der Waals surface area (Å²) in [6.07, 6.45) is 0.918. The van der Waals surface area contributed by atoms with Crippen LogP contribution in [0.4, 0.5) is 0 Å². The van der Waals surface area contributed by atoms with Gasteiger partial charge in [-0.1, -0.05) is 23.7 Å². The summed E-state index contributed by atoms with van der Waals surface area (Å²) in [4.78, 5) is 6.82. The lowest BCUT2D eigenvalue weighted by Gasteiger charge is -2.23. The number of benzene rings is 1. The molecule has 0 amide bonds. The summed E-state index contributed by atoms with van der Waals surface area (Å²) in [5.74, 6) is 2.52. The molecule has 9 heteroatoms. The van der Waals surface area contributed by atoms with Crippen LogP contribution in [0.15, 0.2) is 29.3 Å². The molecule has 1 aromatic heterocycles. The van der Waals surface area contributed by atoms with E-state index in [1.165, 1.54) is 0 Å². The second kappa shape index (κ2) is 12.9. The van der Waals surface area contributed by atoms with Gasteiger partial charge in [0.05, 0.1) is 0 Å². The molecule has 0 radical (unpaired) electrons. The number of ether oxygens (including phenoxy) is 1. The van der Waals surface area contributed by atoms with Crippen LogP contribution in [0.5, 0.6) is 0 Å². The van der Waals surface area contributed by atoms with Crippen molar-refractivity contribution in [3.05, 3.63) is 46.5 Å². The Morgan fingerprint density at radius 3 is 2.79 bits per heavy atom. The molecule has 0 fully saturated rings. The molecule has 0 aliphatic carbocycles. The number of hydrogen-bond donors (Lipinski definition) is 1. The van der Waals surface area contributed by atoms with Gasteiger partial charge in [-0.25, -0.2) is 4.99 Å². The Morgan fingerprint density at radius 2 is 2.14 bits per heavy atom. The van der Waals surface area contributed by atoms with Gasteiger partial charge in [-0.05, 0) is 38.0 Å². The van der Waals surface area contributed by atoms with E-state index < -0.39 is 0 Å². The number of aromatic nitrogens is 3. The third-order valence-corrected chi connectivity index (χ3v) is 4.41. The topological polar surface area (TPSA) is 67.6 Å². The van der Waals surface area contributed by atoms with Crippen molar-refractivity contribution in [2.75, 3.05) is 26.8 Å². The predicted octanol–water partition coefficient (Wildman–Crippen LogP) is 3.40. The third-order valence-electron chi connectivity index (χ3n) is 4.18. The van der Waals surface area contributed by atoms with Crippen LogP contribution in [0.3, 0.4) is 0 Å². The van der Waals surface area contributed by atoms with Gasteiger partial charge in [-0.2, -0.15) is 0 Å². The molecule has 0 aliphatic heterocycles. The quantitative estimate of drug-likeness (QED) is 0.238. The second-order valence-electron chi connectivity index (χ2n) is 6.33. The molecule has 7 nitrogen and oxygen atoms in total. The van der Waals surface area contributed by atoms with Crippen LogP contribution in [0.25, 0.3) is 0 Å².